The summed E-state index contributed by atoms with van der Waals surface area (Å²) < 4.78 is 0. The Morgan fingerprint density at radius 3 is 2.79 bits per heavy atom. The first-order valence-electron chi connectivity index (χ1n) is 8.03. The topological polar surface area (TPSA) is 47.3 Å². The quantitative estimate of drug-likeness (QED) is 0.832. The molecule has 0 spiro atoms. The van der Waals surface area contributed by atoms with E-state index in [0.29, 0.717) is 5.92 Å². The fourth-order valence-electron chi connectivity index (χ4n) is 4.93. The first kappa shape index (κ1) is 13.4. The Bertz CT molecular complexity index is 391. The van der Waals surface area contributed by atoms with E-state index in [1.165, 1.54) is 12.8 Å². The molecule has 0 aromatic carbocycles. The molecule has 1 aliphatic carbocycles. The van der Waals surface area contributed by atoms with Gasteiger partial charge >= 0.3 is 0 Å². The summed E-state index contributed by atoms with van der Waals surface area (Å²) in [5.41, 5.74) is -1.21. The van der Waals surface area contributed by atoms with Gasteiger partial charge in [0.2, 0.25) is 0 Å². The highest BCUT2D eigenvalue weighted by Crippen LogP contribution is 2.55. The molecule has 19 heavy (non-hydrogen) atoms. The lowest BCUT2D eigenvalue weighted by atomic mass is 9.66. The highest BCUT2D eigenvalue weighted by molar-refractivity contribution is 5.21. The SMILES string of the molecule is CCC1CCC(C#N)(C2(O)CCN3CCCCC32)C1. The molecular weight excluding hydrogens is 236 g/mol. The van der Waals surface area contributed by atoms with Gasteiger partial charge in [0.05, 0.1) is 17.1 Å². The Labute approximate surface area is 116 Å². The van der Waals surface area contributed by atoms with Crippen molar-refractivity contribution in [1.82, 2.24) is 4.90 Å². The molecule has 0 aromatic heterocycles. The van der Waals surface area contributed by atoms with E-state index in [9.17, 15) is 10.4 Å². The molecule has 4 unspecified atom stereocenters. The molecule has 0 amide bonds. The van der Waals surface area contributed by atoms with Gasteiger partial charge in [-0.3, -0.25) is 4.90 Å². The lowest BCUT2D eigenvalue weighted by Gasteiger charge is -2.45. The number of hydrogen-bond donors (Lipinski definition) is 1. The third kappa shape index (κ3) is 1.84. The number of nitriles is 1. The standard InChI is InChI=1S/C16H26N2O/c1-2-13-6-7-15(11-13,12-17)16(19)8-10-18-9-4-3-5-14(16)18/h13-14,19H,2-11H2,1H3. The van der Waals surface area contributed by atoms with Crippen LogP contribution in [0.3, 0.4) is 0 Å². The molecule has 0 aromatic rings. The fraction of sp³-hybridized carbons (Fsp3) is 0.938. The van der Waals surface area contributed by atoms with Crippen molar-refractivity contribution in [3.63, 3.8) is 0 Å². The molecule has 106 valence electrons. The van der Waals surface area contributed by atoms with Crippen LogP contribution in [0.15, 0.2) is 0 Å². The number of aliphatic hydroxyl groups is 1. The zero-order valence-corrected chi connectivity index (χ0v) is 12.1. The molecule has 4 atom stereocenters. The maximum Gasteiger partial charge on any atom is 0.0999 e. The Morgan fingerprint density at radius 2 is 2.11 bits per heavy atom. The van der Waals surface area contributed by atoms with Crippen LogP contribution in [0, 0.1) is 22.7 Å². The van der Waals surface area contributed by atoms with Gasteiger partial charge in [-0.2, -0.15) is 5.26 Å². The van der Waals surface area contributed by atoms with E-state index < -0.39 is 11.0 Å². The van der Waals surface area contributed by atoms with Gasteiger partial charge in [0, 0.05) is 12.6 Å². The number of fused-ring (bicyclic) bond motifs is 1. The minimum absolute atomic E-state index is 0.247. The van der Waals surface area contributed by atoms with Crippen molar-refractivity contribution in [3.05, 3.63) is 0 Å². The highest BCUT2D eigenvalue weighted by atomic mass is 16.3. The molecule has 3 rings (SSSR count). The summed E-state index contributed by atoms with van der Waals surface area (Å²) in [6.45, 7) is 4.32. The van der Waals surface area contributed by atoms with Gasteiger partial charge in [0.25, 0.3) is 0 Å². The van der Waals surface area contributed by atoms with Crippen molar-refractivity contribution in [2.45, 2.75) is 69.9 Å². The lowest BCUT2D eigenvalue weighted by molar-refractivity contribution is -0.0865. The van der Waals surface area contributed by atoms with E-state index in [4.69, 9.17) is 0 Å². The molecule has 2 saturated heterocycles. The van der Waals surface area contributed by atoms with Crippen LogP contribution in [0.1, 0.15) is 58.3 Å². The minimum Gasteiger partial charge on any atom is -0.387 e. The molecule has 2 heterocycles. The third-order valence-electron chi connectivity index (χ3n) is 6.18. The zero-order valence-electron chi connectivity index (χ0n) is 12.1. The predicted octanol–water partition coefficient (Wildman–Crippen LogP) is 2.70. The molecule has 1 N–H and O–H groups in total. The fourth-order valence-corrected chi connectivity index (χ4v) is 4.93. The van der Waals surface area contributed by atoms with Crippen molar-refractivity contribution in [2.24, 2.45) is 11.3 Å². The number of piperidine rings is 1. The molecule has 3 nitrogen and oxygen atoms in total. The number of rotatable bonds is 2. The second kappa shape index (κ2) is 4.75. The number of hydrogen-bond acceptors (Lipinski definition) is 3. The van der Waals surface area contributed by atoms with E-state index in [1.807, 2.05) is 0 Å². The summed E-state index contributed by atoms with van der Waals surface area (Å²) >= 11 is 0. The first-order valence-corrected chi connectivity index (χ1v) is 8.03. The van der Waals surface area contributed by atoms with E-state index in [2.05, 4.69) is 17.9 Å². The van der Waals surface area contributed by atoms with Crippen LogP contribution in [0.2, 0.25) is 0 Å². The van der Waals surface area contributed by atoms with E-state index in [-0.39, 0.29) is 6.04 Å². The van der Waals surface area contributed by atoms with Crippen LogP contribution in [0.5, 0.6) is 0 Å². The Balaban J connectivity index is 1.89. The van der Waals surface area contributed by atoms with Crippen molar-refractivity contribution >= 4 is 0 Å². The van der Waals surface area contributed by atoms with Crippen LogP contribution in [0.25, 0.3) is 0 Å². The van der Waals surface area contributed by atoms with Crippen molar-refractivity contribution in [1.29, 1.82) is 5.26 Å². The van der Waals surface area contributed by atoms with Crippen molar-refractivity contribution in [3.8, 4) is 6.07 Å². The second-order valence-electron chi connectivity index (χ2n) is 6.93. The second-order valence-corrected chi connectivity index (χ2v) is 6.93. The van der Waals surface area contributed by atoms with E-state index in [1.54, 1.807) is 0 Å². The van der Waals surface area contributed by atoms with Crippen LogP contribution in [0.4, 0.5) is 0 Å². The molecular formula is C16H26N2O. The normalized spacial score (nSPS) is 47.0. The molecule has 0 bridgehead atoms. The molecule has 0 radical (unpaired) electrons. The monoisotopic (exact) mass is 262 g/mol. The number of nitrogens with zero attached hydrogens (tertiary/aromatic N) is 2. The Morgan fingerprint density at radius 1 is 1.26 bits per heavy atom. The molecule has 3 fully saturated rings. The van der Waals surface area contributed by atoms with Crippen LogP contribution in [-0.2, 0) is 0 Å². The summed E-state index contributed by atoms with van der Waals surface area (Å²) in [4.78, 5) is 2.45. The summed E-state index contributed by atoms with van der Waals surface area (Å²) in [5, 5.41) is 21.2. The zero-order chi connectivity index (χ0) is 13.5. The van der Waals surface area contributed by atoms with Gasteiger partial charge in [-0.05, 0) is 51.0 Å². The molecule has 1 saturated carbocycles. The summed E-state index contributed by atoms with van der Waals surface area (Å²) in [6, 6.07) is 2.83. The average Bonchev–Trinajstić information content (AvgIpc) is 3.03. The van der Waals surface area contributed by atoms with Crippen LogP contribution in [-0.4, -0.2) is 34.7 Å². The van der Waals surface area contributed by atoms with Gasteiger partial charge in [0.15, 0.2) is 0 Å². The van der Waals surface area contributed by atoms with Crippen LogP contribution >= 0.6 is 0 Å². The lowest BCUT2D eigenvalue weighted by Crippen LogP contribution is -2.56. The highest BCUT2D eigenvalue weighted by Gasteiger charge is 2.61. The third-order valence-corrected chi connectivity index (χ3v) is 6.18. The maximum absolute atomic E-state index is 11.4. The van der Waals surface area contributed by atoms with Gasteiger partial charge < -0.3 is 5.11 Å². The van der Waals surface area contributed by atoms with Gasteiger partial charge in [0.1, 0.15) is 0 Å². The smallest absolute Gasteiger partial charge is 0.0999 e. The minimum atomic E-state index is -0.744. The predicted molar refractivity (Wildman–Crippen MR) is 74.5 cm³/mol. The van der Waals surface area contributed by atoms with Crippen LogP contribution < -0.4 is 0 Å². The molecule has 3 heteroatoms. The largest absolute Gasteiger partial charge is 0.387 e. The summed E-state index contributed by atoms with van der Waals surface area (Å²) in [6.07, 6.45) is 8.45. The Hall–Kier alpha value is -0.590. The maximum atomic E-state index is 11.4. The van der Waals surface area contributed by atoms with Crippen molar-refractivity contribution < 1.29 is 5.11 Å². The summed E-state index contributed by atoms with van der Waals surface area (Å²) in [5.74, 6) is 0.640. The first-order chi connectivity index (χ1) is 9.15. The van der Waals surface area contributed by atoms with Crippen molar-refractivity contribution in [2.75, 3.05) is 13.1 Å². The van der Waals surface area contributed by atoms with Gasteiger partial charge in [-0.15, -0.1) is 0 Å². The molecule has 3 aliphatic rings. The summed E-state index contributed by atoms with van der Waals surface area (Å²) in [7, 11) is 0. The van der Waals surface area contributed by atoms with Gasteiger partial charge in [-0.1, -0.05) is 19.8 Å². The van der Waals surface area contributed by atoms with E-state index in [0.717, 1.165) is 51.6 Å². The van der Waals surface area contributed by atoms with E-state index >= 15 is 0 Å². The average molecular weight is 262 g/mol. The van der Waals surface area contributed by atoms with Gasteiger partial charge in [-0.25, -0.2) is 0 Å². The molecule has 2 aliphatic heterocycles. The Kier molecular flexibility index (Phi) is 3.35.